The van der Waals surface area contributed by atoms with Crippen molar-refractivity contribution in [3.8, 4) is 10.6 Å². The van der Waals surface area contributed by atoms with Crippen LogP contribution >= 0.6 is 22.9 Å². The average Bonchev–Trinajstić information content (AvgIpc) is 3.14. The highest BCUT2D eigenvalue weighted by molar-refractivity contribution is 7.18. The van der Waals surface area contributed by atoms with Crippen LogP contribution in [0.4, 0.5) is 9.93 Å². The van der Waals surface area contributed by atoms with Crippen molar-refractivity contribution < 1.29 is 9.59 Å². The molecule has 0 saturated carbocycles. The SMILES string of the molecule is CCCCNC(=O)N[C@@H](C(=O)Nc1nnc(-c2cccc(Cl)c2)s1)[C@@H](C)CC. The number of rotatable bonds is 9. The van der Waals surface area contributed by atoms with Gasteiger partial charge < -0.3 is 10.6 Å². The van der Waals surface area contributed by atoms with Crippen LogP contribution in [0.15, 0.2) is 24.3 Å². The van der Waals surface area contributed by atoms with Crippen molar-refractivity contribution in [2.45, 2.75) is 46.1 Å². The molecule has 0 aliphatic rings. The minimum Gasteiger partial charge on any atom is -0.338 e. The lowest BCUT2D eigenvalue weighted by Gasteiger charge is -2.23. The van der Waals surface area contributed by atoms with E-state index in [0.717, 1.165) is 24.8 Å². The zero-order chi connectivity index (χ0) is 20.5. The van der Waals surface area contributed by atoms with E-state index in [0.29, 0.717) is 21.7 Å². The van der Waals surface area contributed by atoms with E-state index in [2.05, 4.69) is 33.1 Å². The van der Waals surface area contributed by atoms with Gasteiger partial charge in [0.1, 0.15) is 11.0 Å². The van der Waals surface area contributed by atoms with Crippen LogP contribution in [0.5, 0.6) is 0 Å². The number of nitrogens with zero attached hydrogens (tertiary/aromatic N) is 2. The van der Waals surface area contributed by atoms with Crippen LogP contribution in [0.1, 0.15) is 40.0 Å². The van der Waals surface area contributed by atoms with Gasteiger partial charge in [0.2, 0.25) is 11.0 Å². The van der Waals surface area contributed by atoms with Crippen LogP contribution < -0.4 is 16.0 Å². The number of halogens is 1. The smallest absolute Gasteiger partial charge is 0.315 e. The molecule has 7 nitrogen and oxygen atoms in total. The van der Waals surface area contributed by atoms with E-state index >= 15 is 0 Å². The van der Waals surface area contributed by atoms with Gasteiger partial charge in [0, 0.05) is 17.1 Å². The molecule has 0 aliphatic carbocycles. The molecule has 3 N–H and O–H groups in total. The van der Waals surface area contributed by atoms with Crippen LogP contribution in [0.25, 0.3) is 10.6 Å². The number of unbranched alkanes of at least 4 members (excludes halogenated alkanes) is 1. The topological polar surface area (TPSA) is 96.0 Å². The Bertz CT molecular complexity index is 798. The first-order chi connectivity index (χ1) is 13.4. The Morgan fingerprint density at radius 1 is 1.25 bits per heavy atom. The van der Waals surface area contributed by atoms with Gasteiger partial charge in [-0.15, -0.1) is 10.2 Å². The Kier molecular flexibility index (Phi) is 8.66. The maximum atomic E-state index is 12.7. The highest BCUT2D eigenvalue weighted by Crippen LogP contribution is 2.28. The van der Waals surface area contributed by atoms with Crippen molar-refractivity contribution in [1.82, 2.24) is 20.8 Å². The minimum absolute atomic E-state index is 0.0303. The van der Waals surface area contributed by atoms with Crippen LogP contribution in [-0.4, -0.2) is 34.7 Å². The molecule has 1 aromatic heterocycles. The van der Waals surface area contributed by atoms with Crippen LogP contribution in [0.2, 0.25) is 5.02 Å². The molecular formula is C19H26ClN5O2S. The molecule has 0 fully saturated rings. The summed E-state index contributed by atoms with van der Waals surface area (Å²) >= 11 is 7.27. The second-order valence-electron chi connectivity index (χ2n) is 6.53. The van der Waals surface area contributed by atoms with Crippen LogP contribution in [-0.2, 0) is 4.79 Å². The van der Waals surface area contributed by atoms with Gasteiger partial charge in [-0.1, -0.05) is 68.7 Å². The molecular weight excluding hydrogens is 398 g/mol. The number of amides is 3. The molecule has 1 heterocycles. The molecule has 0 saturated heterocycles. The molecule has 2 aromatic rings. The number of carbonyl (C=O) groups excluding carboxylic acids is 2. The number of urea groups is 1. The van der Waals surface area contributed by atoms with Crippen molar-refractivity contribution >= 4 is 40.0 Å². The normalized spacial score (nSPS) is 12.9. The first kappa shape index (κ1) is 22.1. The molecule has 0 aliphatic heterocycles. The maximum absolute atomic E-state index is 12.7. The Morgan fingerprint density at radius 3 is 2.71 bits per heavy atom. The van der Waals surface area contributed by atoms with Crippen molar-refractivity contribution in [3.05, 3.63) is 29.3 Å². The standard InChI is InChI=1S/C19H26ClN5O2S/c1-4-6-10-21-18(27)22-15(12(3)5-2)16(26)23-19-25-24-17(28-19)13-8-7-9-14(20)11-13/h7-9,11-12,15H,4-6,10H2,1-3H3,(H2,21,22,27)(H,23,25,26)/t12-,15+/m0/s1. The average molecular weight is 424 g/mol. The van der Waals surface area contributed by atoms with Crippen molar-refractivity contribution in [2.75, 3.05) is 11.9 Å². The van der Waals surface area contributed by atoms with Gasteiger partial charge in [0.05, 0.1) is 0 Å². The zero-order valence-corrected chi connectivity index (χ0v) is 17.9. The Morgan fingerprint density at radius 2 is 2.04 bits per heavy atom. The molecule has 0 radical (unpaired) electrons. The number of hydrogen-bond donors (Lipinski definition) is 3. The monoisotopic (exact) mass is 423 g/mol. The summed E-state index contributed by atoms with van der Waals surface area (Å²) in [5.41, 5.74) is 0.831. The predicted octanol–water partition coefficient (Wildman–Crippen LogP) is 4.31. The summed E-state index contributed by atoms with van der Waals surface area (Å²) in [6, 6.07) is 6.27. The lowest BCUT2D eigenvalue weighted by molar-refractivity contribution is -0.119. The second kappa shape index (κ2) is 11.0. The van der Waals surface area contributed by atoms with Gasteiger partial charge >= 0.3 is 6.03 Å². The molecule has 3 amide bonds. The Hall–Kier alpha value is -2.19. The number of nitrogens with one attached hydrogen (secondary N) is 3. The lowest BCUT2D eigenvalue weighted by Crippen LogP contribution is -2.51. The fourth-order valence-electron chi connectivity index (χ4n) is 2.47. The highest BCUT2D eigenvalue weighted by atomic mass is 35.5. The molecule has 0 bridgehead atoms. The molecule has 9 heteroatoms. The molecule has 2 rings (SSSR count). The number of anilines is 1. The largest absolute Gasteiger partial charge is 0.338 e. The van der Waals surface area contributed by atoms with Gasteiger partial charge in [-0.25, -0.2) is 4.79 Å². The van der Waals surface area contributed by atoms with Gasteiger partial charge in [0.25, 0.3) is 0 Å². The summed E-state index contributed by atoms with van der Waals surface area (Å²) in [6.45, 7) is 6.53. The van der Waals surface area contributed by atoms with E-state index in [-0.39, 0.29) is 17.9 Å². The summed E-state index contributed by atoms with van der Waals surface area (Å²) in [5.74, 6) is -0.342. The van der Waals surface area contributed by atoms with Gasteiger partial charge in [0.15, 0.2) is 0 Å². The van der Waals surface area contributed by atoms with Crippen LogP contribution in [0, 0.1) is 5.92 Å². The Balaban J connectivity index is 2.03. The van der Waals surface area contributed by atoms with Crippen molar-refractivity contribution in [2.24, 2.45) is 5.92 Å². The zero-order valence-electron chi connectivity index (χ0n) is 16.3. The fraction of sp³-hybridized carbons (Fsp3) is 0.474. The van der Waals surface area contributed by atoms with E-state index in [1.54, 1.807) is 12.1 Å². The van der Waals surface area contributed by atoms with Gasteiger partial charge in [-0.3, -0.25) is 10.1 Å². The van der Waals surface area contributed by atoms with E-state index < -0.39 is 6.04 Å². The summed E-state index contributed by atoms with van der Waals surface area (Å²) in [7, 11) is 0. The van der Waals surface area contributed by atoms with Gasteiger partial charge in [-0.05, 0) is 24.5 Å². The third-order valence-electron chi connectivity index (χ3n) is 4.32. The van der Waals surface area contributed by atoms with E-state index in [9.17, 15) is 9.59 Å². The summed E-state index contributed by atoms with van der Waals surface area (Å²) in [6.07, 6.45) is 2.63. The number of aromatic nitrogens is 2. The first-order valence-electron chi connectivity index (χ1n) is 9.39. The molecule has 1 aromatic carbocycles. The van der Waals surface area contributed by atoms with Crippen molar-refractivity contribution in [1.29, 1.82) is 0 Å². The van der Waals surface area contributed by atoms with Crippen LogP contribution in [0.3, 0.4) is 0 Å². The first-order valence-corrected chi connectivity index (χ1v) is 10.6. The summed E-state index contributed by atoms with van der Waals surface area (Å²) < 4.78 is 0. The minimum atomic E-state index is -0.662. The second-order valence-corrected chi connectivity index (χ2v) is 7.94. The van der Waals surface area contributed by atoms with E-state index in [4.69, 9.17) is 11.6 Å². The number of benzene rings is 1. The summed E-state index contributed by atoms with van der Waals surface area (Å²) in [5, 5.41) is 18.1. The van der Waals surface area contributed by atoms with Gasteiger partial charge in [-0.2, -0.15) is 0 Å². The third-order valence-corrected chi connectivity index (χ3v) is 5.45. The number of carbonyl (C=O) groups is 2. The highest BCUT2D eigenvalue weighted by Gasteiger charge is 2.26. The quantitative estimate of drug-likeness (QED) is 0.523. The fourth-order valence-corrected chi connectivity index (χ4v) is 3.40. The molecule has 0 unspecified atom stereocenters. The summed E-state index contributed by atoms with van der Waals surface area (Å²) in [4.78, 5) is 24.8. The molecule has 0 spiro atoms. The van der Waals surface area contributed by atoms with E-state index in [1.165, 1.54) is 11.3 Å². The predicted molar refractivity (Wildman–Crippen MR) is 114 cm³/mol. The molecule has 2 atom stereocenters. The lowest BCUT2D eigenvalue weighted by atomic mass is 9.98. The van der Waals surface area contributed by atoms with Crippen molar-refractivity contribution in [3.63, 3.8) is 0 Å². The third kappa shape index (κ3) is 6.45. The Labute approximate surface area is 174 Å². The maximum Gasteiger partial charge on any atom is 0.315 e. The number of hydrogen-bond acceptors (Lipinski definition) is 5. The molecule has 152 valence electrons. The van der Waals surface area contributed by atoms with E-state index in [1.807, 2.05) is 26.0 Å². The molecule has 28 heavy (non-hydrogen) atoms.